The van der Waals surface area contributed by atoms with E-state index in [9.17, 15) is 9.18 Å². The molecule has 0 atom stereocenters. The van der Waals surface area contributed by atoms with Crippen LogP contribution in [0, 0.1) is 22.6 Å². The van der Waals surface area contributed by atoms with Crippen molar-refractivity contribution in [2.45, 2.75) is 0 Å². The van der Waals surface area contributed by atoms with E-state index in [1.165, 1.54) is 12.3 Å². The molecular weight excluding hydrogens is 383 g/mol. The summed E-state index contributed by atoms with van der Waals surface area (Å²) in [5.74, 6) is -1.63. The van der Waals surface area contributed by atoms with E-state index in [1.54, 1.807) is 48.4 Å². The molecule has 0 saturated heterocycles. The van der Waals surface area contributed by atoms with Crippen molar-refractivity contribution < 1.29 is 9.18 Å². The number of carbonyl (C=O) groups is 1. The molecule has 0 aliphatic carbocycles. The van der Waals surface area contributed by atoms with E-state index in [4.69, 9.17) is 22.3 Å². The van der Waals surface area contributed by atoms with Gasteiger partial charge in [-0.05, 0) is 30.3 Å². The number of aryl methyl sites for hydroxylation is 1. The Morgan fingerprint density at radius 2 is 2.14 bits per heavy atom. The van der Waals surface area contributed by atoms with Crippen LogP contribution in [0.1, 0.15) is 21.5 Å². The highest BCUT2D eigenvalue weighted by Crippen LogP contribution is 2.26. The highest BCUT2D eigenvalue weighted by molar-refractivity contribution is 6.34. The van der Waals surface area contributed by atoms with Gasteiger partial charge in [0.2, 0.25) is 0 Å². The van der Waals surface area contributed by atoms with Crippen LogP contribution >= 0.6 is 11.6 Å². The Labute approximate surface area is 164 Å². The maximum Gasteiger partial charge on any atom is 0.260 e. The lowest BCUT2D eigenvalue weighted by molar-refractivity contribution is 0.102. The number of aromatic nitrogens is 2. The Kier molecular flexibility index (Phi) is 5.38. The van der Waals surface area contributed by atoms with Crippen molar-refractivity contribution in [1.82, 2.24) is 9.78 Å². The molecular formula is C19H14ClFN6O. The number of carbonyl (C=O) groups excluding carboxylic acids is 1. The van der Waals surface area contributed by atoms with E-state index in [1.807, 2.05) is 0 Å². The minimum absolute atomic E-state index is 0.0253. The Balaban J connectivity index is 1.88. The van der Waals surface area contributed by atoms with Gasteiger partial charge in [-0.1, -0.05) is 11.6 Å². The summed E-state index contributed by atoms with van der Waals surface area (Å²) in [6.07, 6.45) is 4.54. The second kappa shape index (κ2) is 7.90. The van der Waals surface area contributed by atoms with Gasteiger partial charge < -0.3 is 16.0 Å². The highest BCUT2D eigenvalue weighted by atomic mass is 35.5. The smallest absolute Gasteiger partial charge is 0.260 e. The molecule has 1 aromatic heterocycles. The standard InChI is InChI=1S/C19H14ClFN6O/c1-27-10-14(9-24-27)25-17-6-13(3-2-12(17)8-23)26-19(28)18-15(20)4-11(7-22)5-16(18)21/h2-6,8-10,23,25H,1H3,(H,26,28). The lowest BCUT2D eigenvalue weighted by atomic mass is 10.1. The van der Waals surface area contributed by atoms with Crippen molar-refractivity contribution in [2.24, 2.45) is 7.05 Å². The van der Waals surface area contributed by atoms with Gasteiger partial charge in [-0.25, -0.2) is 4.39 Å². The molecule has 140 valence electrons. The zero-order valence-electron chi connectivity index (χ0n) is 14.6. The van der Waals surface area contributed by atoms with Gasteiger partial charge in [-0.15, -0.1) is 0 Å². The summed E-state index contributed by atoms with van der Waals surface area (Å²) in [6, 6.07) is 8.79. The number of rotatable bonds is 5. The number of nitrogens with zero attached hydrogens (tertiary/aromatic N) is 3. The van der Waals surface area contributed by atoms with Crippen molar-refractivity contribution in [1.29, 1.82) is 10.7 Å². The molecule has 2 aromatic carbocycles. The molecule has 3 rings (SSSR count). The first-order valence-corrected chi connectivity index (χ1v) is 8.39. The monoisotopic (exact) mass is 396 g/mol. The molecule has 0 aliphatic rings. The van der Waals surface area contributed by atoms with Crippen LogP contribution in [-0.2, 0) is 7.05 Å². The molecule has 0 aliphatic heterocycles. The third kappa shape index (κ3) is 4.00. The van der Waals surface area contributed by atoms with Crippen LogP contribution in [0.5, 0.6) is 0 Å². The SMILES string of the molecule is Cn1cc(Nc2cc(NC(=O)c3c(F)cc(C#N)cc3Cl)ccc2C=N)cn1. The summed E-state index contributed by atoms with van der Waals surface area (Å²) in [6.45, 7) is 0. The number of nitriles is 1. The van der Waals surface area contributed by atoms with Crippen molar-refractivity contribution in [2.75, 3.05) is 10.6 Å². The minimum Gasteiger partial charge on any atom is -0.352 e. The summed E-state index contributed by atoms with van der Waals surface area (Å²) in [5.41, 5.74) is 1.91. The third-order valence-corrected chi connectivity index (χ3v) is 4.15. The highest BCUT2D eigenvalue weighted by Gasteiger charge is 2.18. The van der Waals surface area contributed by atoms with E-state index in [2.05, 4.69) is 15.7 Å². The zero-order chi connectivity index (χ0) is 20.3. The second-order valence-electron chi connectivity index (χ2n) is 5.85. The molecule has 1 amide bonds. The maximum atomic E-state index is 14.2. The van der Waals surface area contributed by atoms with Crippen LogP contribution in [0.25, 0.3) is 0 Å². The van der Waals surface area contributed by atoms with Crippen LogP contribution in [-0.4, -0.2) is 21.9 Å². The van der Waals surface area contributed by atoms with Gasteiger partial charge in [-0.2, -0.15) is 10.4 Å². The molecule has 0 fully saturated rings. The fraction of sp³-hybridized carbons (Fsp3) is 0.0526. The van der Waals surface area contributed by atoms with Crippen LogP contribution in [0.15, 0.2) is 42.7 Å². The number of benzene rings is 2. The van der Waals surface area contributed by atoms with E-state index in [0.29, 0.717) is 22.6 Å². The quantitative estimate of drug-likeness (QED) is 0.565. The number of anilines is 3. The molecule has 1 heterocycles. The molecule has 0 unspecified atom stereocenters. The third-order valence-electron chi connectivity index (χ3n) is 3.85. The molecule has 28 heavy (non-hydrogen) atoms. The van der Waals surface area contributed by atoms with Gasteiger partial charge >= 0.3 is 0 Å². The van der Waals surface area contributed by atoms with Crippen molar-refractivity contribution in [3.8, 4) is 6.07 Å². The number of amides is 1. The van der Waals surface area contributed by atoms with Crippen LogP contribution < -0.4 is 10.6 Å². The van der Waals surface area contributed by atoms with Gasteiger partial charge in [0, 0.05) is 36.4 Å². The van der Waals surface area contributed by atoms with Crippen LogP contribution in [0.3, 0.4) is 0 Å². The number of hydrogen-bond donors (Lipinski definition) is 3. The average Bonchev–Trinajstić information content (AvgIpc) is 3.06. The summed E-state index contributed by atoms with van der Waals surface area (Å²) < 4.78 is 15.8. The summed E-state index contributed by atoms with van der Waals surface area (Å²) in [4.78, 5) is 12.5. The Morgan fingerprint density at radius 3 is 2.75 bits per heavy atom. The van der Waals surface area contributed by atoms with Gasteiger partial charge in [-0.3, -0.25) is 9.48 Å². The van der Waals surface area contributed by atoms with Crippen molar-refractivity contribution in [3.63, 3.8) is 0 Å². The van der Waals surface area contributed by atoms with Gasteiger partial charge in [0.15, 0.2) is 0 Å². The molecule has 0 saturated carbocycles. The Bertz CT molecular complexity index is 1090. The van der Waals surface area contributed by atoms with E-state index < -0.39 is 11.7 Å². The van der Waals surface area contributed by atoms with Gasteiger partial charge in [0.1, 0.15) is 5.82 Å². The lowest BCUT2D eigenvalue weighted by Crippen LogP contribution is -2.15. The maximum absolute atomic E-state index is 14.2. The predicted molar refractivity (Wildman–Crippen MR) is 105 cm³/mol. The molecule has 3 aromatic rings. The van der Waals surface area contributed by atoms with E-state index in [0.717, 1.165) is 6.07 Å². The molecule has 0 bridgehead atoms. The molecule has 3 N–H and O–H groups in total. The first-order valence-electron chi connectivity index (χ1n) is 8.02. The largest absolute Gasteiger partial charge is 0.352 e. The Hall–Kier alpha value is -3.70. The lowest BCUT2D eigenvalue weighted by Gasteiger charge is -2.12. The molecule has 0 spiro atoms. The average molecular weight is 397 g/mol. The number of hydrogen-bond acceptors (Lipinski definition) is 5. The van der Waals surface area contributed by atoms with Crippen molar-refractivity contribution >= 4 is 40.8 Å². The molecule has 0 radical (unpaired) electrons. The summed E-state index contributed by atoms with van der Waals surface area (Å²) >= 11 is 5.96. The fourth-order valence-electron chi connectivity index (χ4n) is 2.56. The van der Waals surface area contributed by atoms with Gasteiger partial charge in [0.25, 0.3) is 5.91 Å². The van der Waals surface area contributed by atoms with Crippen LogP contribution in [0.4, 0.5) is 21.5 Å². The molecule has 9 heteroatoms. The first-order chi connectivity index (χ1) is 13.4. The summed E-state index contributed by atoms with van der Waals surface area (Å²) in [7, 11) is 1.77. The molecule has 7 nitrogen and oxygen atoms in total. The first kappa shape index (κ1) is 19.1. The number of nitrogens with one attached hydrogen (secondary N) is 3. The normalized spacial score (nSPS) is 10.2. The zero-order valence-corrected chi connectivity index (χ0v) is 15.4. The van der Waals surface area contributed by atoms with Crippen molar-refractivity contribution in [3.05, 3.63) is 70.3 Å². The Morgan fingerprint density at radius 1 is 1.36 bits per heavy atom. The fourth-order valence-corrected chi connectivity index (χ4v) is 2.85. The predicted octanol–water partition coefficient (Wildman–Crippen LogP) is 4.08. The van der Waals surface area contributed by atoms with Crippen LogP contribution in [0.2, 0.25) is 5.02 Å². The second-order valence-corrected chi connectivity index (χ2v) is 6.26. The summed E-state index contributed by atoms with van der Waals surface area (Å²) in [5, 5.41) is 26.0. The van der Waals surface area contributed by atoms with E-state index >= 15 is 0 Å². The topological polar surface area (TPSA) is 107 Å². The minimum atomic E-state index is -0.883. The number of halogens is 2. The van der Waals surface area contributed by atoms with E-state index in [-0.39, 0.29) is 16.1 Å². The van der Waals surface area contributed by atoms with Gasteiger partial charge in [0.05, 0.1) is 34.1 Å².